The van der Waals surface area contributed by atoms with Crippen LogP contribution in [-0.4, -0.2) is 30.4 Å². The number of methoxy groups -OCH3 is 1. The standard InChI is InChI=1S/C12H20N2O2/c1-9(8-15)6-13-7-11-5-12(16-3)4-10(2)14-11/h4-5,9,13,15H,6-8H2,1-3H3. The summed E-state index contributed by atoms with van der Waals surface area (Å²) in [6, 6.07) is 3.82. The predicted molar refractivity (Wildman–Crippen MR) is 63.5 cm³/mol. The van der Waals surface area contributed by atoms with E-state index in [0.717, 1.165) is 23.7 Å². The molecule has 1 atom stereocenters. The summed E-state index contributed by atoms with van der Waals surface area (Å²) in [5, 5.41) is 12.1. The van der Waals surface area contributed by atoms with E-state index >= 15 is 0 Å². The Hall–Kier alpha value is -1.13. The van der Waals surface area contributed by atoms with Crippen molar-refractivity contribution in [1.82, 2.24) is 10.3 Å². The molecule has 90 valence electrons. The first-order chi connectivity index (χ1) is 7.65. The lowest BCUT2D eigenvalue weighted by Crippen LogP contribution is -2.23. The summed E-state index contributed by atoms with van der Waals surface area (Å²) in [5.41, 5.74) is 1.91. The van der Waals surface area contributed by atoms with E-state index in [1.807, 2.05) is 26.0 Å². The van der Waals surface area contributed by atoms with Crippen molar-refractivity contribution in [2.24, 2.45) is 5.92 Å². The first-order valence-electron chi connectivity index (χ1n) is 5.49. The molecule has 4 heteroatoms. The molecule has 0 aromatic carbocycles. The van der Waals surface area contributed by atoms with Crippen LogP contribution in [0.25, 0.3) is 0 Å². The smallest absolute Gasteiger partial charge is 0.122 e. The van der Waals surface area contributed by atoms with Crippen molar-refractivity contribution in [1.29, 1.82) is 0 Å². The van der Waals surface area contributed by atoms with Gasteiger partial charge in [0.15, 0.2) is 0 Å². The van der Waals surface area contributed by atoms with Crippen LogP contribution in [0, 0.1) is 12.8 Å². The molecule has 1 aromatic rings. The summed E-state index contributed by atoms with van der Waals surface area (Å²) in [6.07, 6.45) is 0. The largest absolute Gasteiger partial charge is 0.497 e. The molecule has 0 aliphatic carbocycles. The summed E-state index contributed by atoms with van der Waals surface area (Å²) in [7, 11) is 1.65. The van der Waals surface area contributed by atoms with Gasteiger partial charge in [-0.25, -0.2) is 0 Å². The summed E-state index contributed by atoms with van der Waals surface area (Å²) >= 11 is 0. The van der Waals surface area contributed by atoms with E-state index in [0.29, 0.717) is 6.54 Å². The molecule has 1 aromatic heterocycles. The van der Waals surface area contributed by atoms with E-state index < -0.39 is 0 Å². The number of nitrogens with zero attached hydrogens (tertiary/aromatic N) is 1. The van der Waals surface area contributed by atoms with Gasteiger partial charge in [-0.05, 0) is 12.8 Å². The predicted octanol–water partition coefficient (Wildman–Crippen LogP) is 1.12. The van der Waals surface area contributed by atoms with Gasteiger partial charge < -0.3 is 15.2 Å². The van der Waals surface area contributed by atoms with Crippen molar-refractivity contribution in [3.05, 3.63) is 23.5 Å². The van der Waals surface area contributed by atoms with Crippen LogP contribution in [0.5, 0.6) is 5.75 Å². The van der Waals surface area contributed by atoms with Crippen LogP contribution in [0.15, 0.2) is 12.1 Å². The number of pyridine rings is 1. The molecule has 0 bridgehead atoms. The zero-order chi connectivity index (χ0) is 12.0. The van der Waals surface area contributed by atoms with E-state index in [1.165, 1.54) is 0 Å². The van der Waals surface area contributed by atoms with Gasteiger partial charge in [0.25, 0.3) is 0 Å². The Bertz CT molecular complexity index is 329. The monoisotopic (exact) mass is 224 g/mol. The summed E-state index contributed by atoms with van der Waals surface area (Å²) in [5.74, 6) is 1.10. The second-order valence-corrected chi connectivity index (χ2v) is 4.06. The molecule has 0 aliphatic rings. The summed E-state index contributed by atoms with van der Waals surface area (Å²) in [4.78, 5) is 4.40. The van der Waals surface area contributed by atoms with Crippen molar-refractivity contribution in [2.75, 3.05) is 20.3 Å². The lowest BCUT2D eigenvalue weighted by atomic mass is 10.2. The second kappa shape index (κ2) is 6.45. The molecule has 0 aliphatic heterocycles. The van der Waals surface area contributed by atoms with Gasteiger partial charge in [0.2, 0.25) is 0 Å². The van der Waals surface area contributed by atoms with Crippen LogP contribution in [0.3, 0.4) is 0 Å². The third-order valence-electron chi connectivity index (χ3n) is 2.33. The van der Waals surface area contributed by atoms with Gasteiger partial charge in [-0.15, -0.1) is 0 Å². The fourth-order valence-corrected chi connectivity index (χ4v) is 1.42. The molecule has 1 unspecified atom stereocenters. The Kier molecular flexibility index (Phi) is 5.22. The maximum Gasteiger partial charge on any atom is 0.122 e. The number of rotatable bonds is 6. The molecule has 1 heterocycles. The topological polar surface area (TPSA) is 54.4 Å². The average Bonchev–Trinajstić information content (AvgIpc) is 2.28. The van der Waals surface area contributed by atoms with Crippen molar-refractivity contribution >= 4 is 0 Å². The lowest BCUT2D eigenvalue weighted by molar-refractivity contribution is 0.233. The Labute approximate surface area is 96.7 Å². The zero-order valence-corrected chi connectivity index (χ0v) is 10.2. The van der Waals surface area contributed by atoms with Crippen LogP contribution in [-0.2, 0) is 6.54 Å². The molecule has 0 radical (unpaired) electrons. The number of aromatic nitrogens is 1. The van der Waals surface area contributed by atoms with E-state index in [-0.39, 0.29) is 12.5 Å². The maximum absolute atomic E-state index is 8.88. The zero-order valence-electron chi connectivity index (χ0n) is 10.2. The first-order valence-corrected chi connectivity index (χ1v) is 5.49. The highest BCUT2D eigenvalue weighted by atomic mass is 16.5. The number of nitrogens with one attached hydrogen (secondary N) is 1. The van der Waals surface area contributed by atoms with Crippen LogP contribution >= 0.6 is 0 Å². The van der Waals surface area contributed by atoms with E-state index in [1.54, 1.807) is 7.11 Å². The molecule has 16 heavy (non-hydrogen) atoms. The van der Waals surface area contributed by atoms with Crippen molar-refractivity contribution in [2.45, 2.75) is 20.4 Å². The fraction of sp³-hybridized carbons (Fsp3) is 0.583. The minimum atomic E-state index is 0.206. The van der Waals surface area contributed by atoms with Gasteiger partial charge >= 0.3 is 0 Å². The highest BCUT2D eigenvalue weighted by molar-refractivity contribution is 5.26. The summed E-state index contributed by atoms with van der Waals surface area (Å²) in [6.45, 7) is 5.63. The molecule has 0 saturated heterocycles. The number of aryl methyl sites for hydroxylation is 1. The normalized spacial score (nSPS) is 12.5. The number of ether oxygens (including phenoxy) is 1. The number of hydrogen-bond acceptors (Lipinski definition) is 4. The second-order valence-electron chi connectivity index (χ2n) is 4.06. The van der Waals surface area contributed by atoms with Gasteiger partial charge in [-0.3, -0.25) is 4.98 Å². The van der Waals surface area contributed by atoms with Gasteiger partial charge in [0.05, 0.1) is 12.8 Å². The molecule has 0 saturated carbocycles. The van der Waals surface area contributed by atoms with Crippen LogP contribution in [0.2, 0.25) is 0 Å². The molecule has 1 rings (SSSR count). The molecule has 0 amide bonds. The van der Waals surface area contributed by atoms with E-state index in [9.17, 15) is 0 Å². The molecular formula is C12H20N2O2. The quantitative estimate of drug-likeness (QED) is 0.760. The van der Waals surface area contributed by atoms with Crippen molar-refractivity contribution < 1.29 is 9.84 Å². The highest BCUT2D eigenvalue weighted by Crippen LogP contribution is 2.12. The third kappa shape index (κ3) is 4.16. The van der Waals surface area contributed by atoms with Gasteiger partial charge in [-0.2, -0.15) is 0 Å². The average molecular weight is 224 g/mol. The van der Waals surface area contributed by atoms with Crippen molar-refractivity contribution in [3.8, 4) is 5.75 Å². The Morgan fingerprint density at radius 1 is 1.50 bits per heavy atom. The minimum absolute atomic E-state index is 0.206. The molecule has 4 nitrogen and oxygen atoms in total. The van der Waals surface area contributed by atoms with E-state index in [4.69, 9.17) is 9.84 Å². The number of aliphatic hydroxyl groups excluding tert-OH is 1. The molecular weight excluding hydrogens is 204 g/mol. The van der Waals surface area contributed by atoms with Gasteiger partial charge in [0.1, 0.15) is 5.75 Å². The van der Waals surface area contributed by atoms with Crippen LogP contribution in [0.4, 0.5) is 0 Å². The Morgan fingerprint density at radius 3 is 2.88 bits per heavy atom. The van der Waals surface area contributed by atoms with Gasteiger partial charge in [0, 0.05) is 37.5 Å². The maximum atomic E-state index is 8.88. The Balaban J connectivity index is 2.50. The molecule has 2 N–H and O–H groups in total. The van der Waals surface area contributed by atoms with Crippen LogP contribution < -0.4 is 10.1 Å². The SMILES string of the molecule is COc1cc(C)nc(CNCC(C)CO)c1. The molecule has 0 fully saturated rings. The summed E-state index contributed by atoms with van der Waals surface area (Å²) < 4.78 is 5.18. The number of hydrogen-bond donors (Lipinski definition) is 2. The lowest BCUT2D eigenvalue weighted by Gasteiger charge is -2.10. The van der Waals surface area contributed by atoms with Crippen LogP contribution in [0.1, 0.15) is 18.3 Å². The van der Waals surface area contributed by atoms with Gasteiger partial charge in [-0.1, -0.05) is 6.92 Å². The Morgan fingerprint density at radius 2 is 2.25 bits per heavy atom. The molecule has 0 spiro atoms. The minimum Gasteiger partial charge on any atom is -0.497 e. The highest BCUT2D eigenvalue weighted by Gasteiger charge is 2.02. The van der Waals surface area contributed by atoms with Crippen molar-refractivity contribution in [3.63, 3.8) is 0 Å². The first kappa shape index (κ1) is 12.9. The fourth-order valence-electron chi connectivity index (χ4n) is 1.42. The number of aliphatic hydroxyl groups is 1. The third-order valence-corrected chi connectivity index (χ3v) is 2.33. The van der Waals surface area contributed by atoms with E-state index in [2.05, 4.69) is 10.3 Å².